The molecule has 1 aliphatic carbocycles. The minimum Gasteiger partial charge on any atom is -0.361 e. The van der Waals surface area contributed by atoms with Crippen LogP contribution >= 0.6 is 0 Å². The van der Waals surface area contributed by atoms with Gasteiger partial charge in [0.2, 0.25) is 5.91 Å². The summed E-state index contributed by atoms with van der Waals surface area (Å²) in [6.07, 6.45) is 6.56. The molecule has 0 saturated carbocycles. The average Bonchev–Trinajstić information content (AvgIpc) is 3.21. The van der Waals surface area contributed by atoms with Crippen molar-refractivity contribution in [3.63, 3.8) is 0 Å². The van der Waals surface area contributed by atoms with E-state index in [1.165, 1.54) is 21.4 Å². The van der Waals surface area contributed by atoms with Crippen LogP contribution in [0.2, 0.25) is 0 Å². The van der Waals surface area contributed by atoms with Crippen LogP contribution in [0, 0.1) is 5.92 Å². The molecule has 7 nitrogen and oxygen atoms in total. The number of amides is 3. The highest BCUT2D eigenvalue weighted by Gasteiger charge is 2.43. The zero-order valence-electron chi connectivity index (χ0n) is 20.1. The Morgan fingerprint density at radius 2 is 2.12 bits per heavy atom. The Balaban J connectivity index is 1.61. The number of urea groups is 1. The number of nitrogens with one attached hydrogen (secondary N) is 2. The number of carbonyl (C=O) groups excluding carboxylic acids is 2. The fraction of sp³-hybridized carbons (Fsp3) is 0.538. The first kappa shape index (κ1) is 23.5. The predicted octanol–water partition coefficient (Wildman–Crippen LogP) is 3.19. The summed E-state index contributed by atoms with van der Waals surface area (Å²) >= 11 is 0. The molecule has 33 heavy (non-hydrogen) atoms. The van der Waals surface area contributed by atoms with E-state index in [0.29, 0.717) is 25.7 Å². The second-order valence-electron chi connectivity index (χ2n) is 9.62. The van der Waals surface area contributed by atoms with Gasteiger partial charge in [0.25, 0.3) is 0 Å². The van der Waals surface area contributed by atoms with Gasteiger partial charge < -0.3 is 15.2 Å². The maximum absolute atomic E-state index is 13.7. The summed E-state index contributed by atoms with van der Waals surface area (Å²) in [5, 5.41) is 4.16. The van der Waals surface area contributed by atoms with E-state index in [4.69, 9.17) is 0 Å². The van der Waals surface area contributed by atoms with E-state index < -0.39 is 0 Å². The van der Waals surface area contributed by atoms with Crippen molar-refractivity contribution in [3.05, 3.63) is 48.2 Å². The second kappa shape index (κ2) is 10.1. The van der Waals surface area contributed by atoms with Crippen LogP contribution in [0.1, 0.15) is 36.8 Å². The number of hydrogen-bond donors (Lipinski definition) is 2. The normalized spacial score (nSPS) is 22.2. The van der Waals surface area contributed by atoms with Crippen LogP contribution in [-0.4, -0.2) is 84.5 Å². The van der Waals surface area contributed by atoms with Gasteiger partial charge in [-0.3, -0.25) is 14.6 Å². The van der Waals surface area contributed by atoms with Crippen molar-refractivity contribution in [2.45, 2.75) is 38.1 Å². The Kier molecular flexibility index (Phi) is 7.20. The minimum atomic E-state index is -0.280. The monoisotopic (exact) mass is 451 g/mol. The van der Waals surface area contributed by atoms with E-state index in [1.807, 2.05) is 27.1 Å². The Morgan fingerprint density at radius 3 is 2.85 bits per heavy atom. The summed E-state index contributed by atoms with van der Waals surface area (Å²) in [5.74, 6) is -0.0133. The van der Waals surface area contributed by atoms with Gasteiger partial charge in [0, 0.05) is 55.2 Å². The molecule has 3 atom stereocenters. The quantitative estimate of drug-likeness (QED) is 0.605. The Morgan fingerprint density at radius 1 is 1.30 bits per heavy atom. The highest BCUT2D eigenvalue weighted by atomic mass is 16.2. The molecule has 2 heterocycles. The standard InChI is InChI=1S/C26H37N5O2/c1-5-11-30-17-19(25(32)31(26(33)27-6-2)13-8-12-29(3)4)14-21-20-9-7-10-22-24(20)18(16-28-22)15-23(21)30/h5,7,9-10,16,19,21,23,28H,1,6,8,11-15,17H2,2-4H3,(H,27,33)/t19?,21-,23-/m1/s1. The minimum absolute atomic E-state index is 0.0562. The predicted molar refractivity (Wildman–Crippen MR) is 132 cm³/mol. The van der Waals surface area contributed by atoms with Crippen LogP contribution in [-0.2, 0) is 11.2 Å². The van der Waals surface area contributed by atoms with Crippen LogP contribution in [0.5, 0.6) is 0 Å². The van der Waals surface area contributed by atoms with Gasteiger partial charge in [-0.05, 0) is 64.0 Å². The van der Waals surface area contributed by atoms with Crippen molar-refractivity contribution in [2.75, 3.05) is 46.8 Å². The molecule has 2 aromatic rings. The maximum Gasteiger partial charge on any atom is 0.324 e. The molecule has 2 N–H and O–H groups in total. The molecule has 1 aromatic heterocycles. The maximum atomic E-state index is 13.7. The number of carbonyl (C=O) groups is 2. The lowest BCUT2D eigenvalue weighted by Crippen LogP contribution is -2.55. The van der Waals surface area contributed by atoms with Gasteiger partial charge >= 0.3 is 6.03 Å². The van der Waals surface area contributed by atoms with Crippen LogP contribution in [0.4, 0.5) is 4.79 Å². The molecule has 7 heteroatoms. The third kappa shape index (κ3) is 4.70. The number of fused-ring (bicyclic) bond motifs is 2. The molecular weight excluding hydrogens is 414 g/mol. The average molecular weight is 452 g/mol. The summed E-state index contributed by atoms with van der Waals surface area (Å²) in [5.41, 5.74) is 3.84. The first-order valence-electron chi connectivity index (χ1n) is 12.1. The Labute approximate surface area is 196 Å². The summed E-state index contributed by atoms with van der Waals surface area (Å²) in [4.78, 5) is 35.9. The lowest BCUT2D eigenvalue weighted by molar-refractivity contribution is -0.135. The van der Waals surface area contributed by atoms with Gasteiger partial charge in [-0.25, -0.2) is 4.79 Å². The van der Waals surface area contributed by atoms with Crippen molar-refractivity contribution in [2.24, 2.45) is 5.92 Å². The summed E-state index contributed by atoms with van der Waals surface area (Å²) in [6, 6.07) is 6.50. The lowest BCUT2D eigenvalue weighted by Gasteiger charge is -2.47. The smallest absolute Gasteiger partial charge is 0.324 e. The van der Waals surface area contributed by atoms with Crippen molar-refractivity contribution >= 4 is 22.8 Å². The highest BCUT2D eigenvalue weighted by Crippen LogP contribution is 2.45. The summed E-state index contributed by atoms with van der Waals surface area (Å²) in [6.45, 7) is 9.02. The van der Waals surface area contributed by atoms with Gasteiger partial charge in [-0.15, -0.1) is 6.58 Å². The van der Waals surface area contributed by atoms with Crippen LogP contribution in [0.3, 0.4) is 0 Å². The Hall–Kier alpha value is -2.64. The zero-order valence-corrected chi connectivity index (χ0v) is 20.1. The number of imide groups is 1. The number of nitrogens with zero attached hydrogens (tertiary/aromatic N) is 3. The molecule has 3 amide bonds. The van der Waals surface area contributed by atoms with E-state index in [0.717, 1.165) is 37.9 Å². The van der Waals surface area contributed by atoms with Crippen molar-refractivity contribution in [1.82, 2.24) is 25.0 Å². The van der Waals surface area contributed by atoms with Crippen LogP contribution < -0.4 is 5.32 Å². The SMILES string of the molecule is C=CCN1CC(C(=O)N(CCCN(C)C)C(=O)NCC)C[C@@H]2c3cccc4[nH]cc(c34)C[C@H]21. The number of aromatic amines is 1. The molecule has 4 rings (SSSR count). The molecule has 1 unspecified atom stereocenters. The topological polar surface area (TPSA) is 71.7 Å². The van der Waals surface area contributed by atoms with Gasteiger partial charge in [-0.1, -0.05) is 18.2 Å². The highest BCUT2D eigenvalue weighted by molar-refractivity contribution is 5.96. The summed E-state index contributed by atoms with van der Waals surface area (Å²) in [7, 11) is 4.01. The largest absolute Gasteiger partial charge is 0.361 e. The van der Waals surface area contributed by atoms with Gasteiger partial charge in [0.15, 0.2) is 0 Å². The lowest BCUT2D eigenvalue weighted by atomic mass is 9.72. The van der Waals surface area contributed by atoms with E-state index in [2.05, 4.69) is 51.1 Å². The van der Waals surface area contributed by atoms with E-state index in [9.17, 15) is 9.59 Å². The number of aromatic nitrogens is 1. The molecular formula is C26H37N5O2. The van der Waals surface area contributed by atoms with Crippen molar-refractivity contribution in [3.8, 4) is 0 Å². The molecule has 2 aliphatic rings. The first-order valence-corrected chi connectivity index (χ1v) is 12.1. The number of hydrogen-bond acceptors (Lipinski definition) is 4. The van der Waals surface area contributed by atoms with Crippen molar-refractivity contribution in [1.29, 1.82) is 0 Å². The number of likely N-dealkylation sites (tertiary alicyclic amines) is 1. The summed E-state index contributed by atoms with van der Waals surface area (Å²) < 4.78 is 0. The third-order valence-corrected chi connectivity index (χ3v) is 7.11. The Bertz CT molecular complexity index is 1010. The van der Waals surface area contributed by atoms with E-state index in [1.54, 1.807) is 0 Å². The fourth-order valence-corrected chi connectivity index (χ4v) is 5.68. The zero-order chi connectivity index (χ0) is 23.5. The number of piperidine rings is 1. The fourth-order valence-electron chi connectivity index (χ4n) is 5.68. The molecule has 1 aliphatic heterocycles. The molecule has 1 saturated heterocycles. The van der Waals surface area contributed by atoms with E-state index >= 15 is 0 Å². The molecule has 0 bridgehead atoms. The number of H-pyrrole nitrogens is 1. The molecule has 0 radical (unpaired) electrons. The molecule has 178 valence electrons. The van der Waals surface area contributed by atoms with Crippen molar-refractivity contribution < 1.29 is 9.59 Å². The van der Waals surface area contributed by atoms with Gasteiger partial charge in [-0.2, -0.15) is 0 Å². The van der Waals surface area contributed by atoms with Crippen LogP contribution in [0.15, 0.2) is 37.1 Å². The molecule has 0 spiro atoms. The number of rotatable bonds is 8. The second-order valence-corrected chi connectivity index (χ2v) is 9.62. The van der Waals surface area contributed by atoms with Crippen LogP contribution in [0.25, 0.3) is 10.9 Å². The third-order valence-electron chi connectivity index (χ3n) is 7.11. The van der Waals surface area contributed by atoms with Gasteiger partial charge in [0.05, 0.1) is 5.92 Å². The number of benzene rings is 1. The molecule has 1 aromatic carbocycles. The first-order chi connectivity index (χ1) is 15.9. The van der Waals surface area contributed by atoms with Gasteiger partial charge in [0.1, 0.15) is 0 Å². The molecule has 1 fully saturated rings. The van der Waals surface area contributed by atoms with E-state index in [-0.39, 0.29) is 23.8 Å².